The van der Waals surface area contributed by atoms with E-state index in [1.54, 1.807) is 0 Å². The van der Waals surface area contributed by atoms with Gasteiger partial charge in [-0.2, -0.15) is 0 Å². The predicted octanol–water partition coefficient (Wildman–Crippen LogP) is 3.53. The lowest BCUT2D eigenvalue weighted by atomic mass is 9.95. The first-order valence-electron chi connectivity index (χ1n) is 10.0. The Balaban J connectivity index is 1.49. The van der Waals surface area contributed by atoms with Gasteiger partial charge in [0.25, 0.3) is 0 Å². The van der Waals surface area contributed by atoms with Gasteiger partial charge in [0.15, 0.2) is 0 Å². The van der Waals surface area contributed by atoms with Crippen LogP contribution in [-0.2, 0) is 16.0 Å². The average Bonchev–Trinajstić information content (AvgIpc) is 2.69. The third-order valence-electron chi connectivity index (χ3n) is 5.62. The summed E-state index contributed by atoms with van der Waals surface area (Å²) in [6, 6.07) is 14.5. The smallest absolute Gasteiger partial charge is 0.227 e. The number of carbonyl (C=O) groups is 2. The first kappa shape index (κ1) is 19.6. The fourth-order valence-electron chi connectivity index (χ4n) is 4.06. The Morgan fingerprint density at radius 2 is 1.89 bits per heavy atom. The molecule has 1 heterocycles. The number of benzene rings is 2. The Hall–Kier alpha value is -2.20. The zero-order valence-corrected chi connectivity index (χ0v) is 16.3. The second-order valence-electron chi connectivity index (χ2n) is 7.71. The molecule has 2 aromatic carbocycles. The molecular formula is C23H30N2O2. The monoisotopic (exact) mass is 366 g/mol. The van der Waals surface area contributed by atoms with Crippen molar-refractivity contribution < 1.29 is 9.59 Å². The Kier molecular flexibility index (Phi) is 6.99. The number of hydrogen-bond donors (Lipinski definition) is 0. The number of aldehydes is 1. The van der Waals surface area contributed by atoms with Crippen LogP contribution in [0.2, 0.25) is 0 Å². The number of hydrogen-bond acceptors (Lipinski definition) is 3. The fourth-order valence-corrected chi connectivity index (χ4v) is 4.06. The number of amides is 1. The van der Waals surface area contributed by atoms with Gasteiger partial charge in [0.05, 0.1) is 6.42 Å². The van der Waals surface area contributed by atoms with E-state index in [1.165, 1.54) is 10.8 Å². The molecular weight excluding hydrogens is 336 g/mol. The molecule has 4 heteroatoms. The number of unbranched alkanes of at least 4 members (excludes halogenated alkanes) is 1. The summed E-state index contributed by atoms with van der Waals surface area (Å²) in [4.78, 5) is 27.6. The predicted molar refractivity (Wildman–Crippen MR) is 110 cm³/mol. The lowest BCUT2D eigenvalue weighted by molar-refractivity contribution is -0.131. The van der Waals surface area contributed by atoms with Crippen molar-refractivity contribution in [1.29, 1.82) is 0 Å². The summed E-state index contributed by atoms with van der Waals surface area (Å²) in [6.45, 7) is 3.75. The molecule has 0 atom stereocenters. The van der Waals surface area contributed by atoms with Gasteiger partial charge >= 0.3 is 0 Å². The van der Waals surface area contributed by atoms with E-state index in [4.69, 9.17) is 0 Å². The maximum Gasteiger partial charge on any atom is 0.227 e. The molecule has 144 valence electrons. The van der Waals surface area contributed by atoms with Crippen LogP contribution in [0.3, 0.4) is 0 Å². The number of fused-ring (bicyclic) bond motifs is 1. The topological polar surface area (TPSA) is 40.6 Å². The van der Waals surface area contributed by atoms with Gasteiger partial charge in [-0.3, -0.25) is 4.79 Å². The van der Waals surface area contributed by atoms with Crippen molar-refractivity contribution in [3.05, 3.63) is 48.0 Å². The first-order chi connectivity index (χ1) is 13.2. The van der Waals surface area contributed by atoms with Crippen LogP contribution >= 0.6 is 0 Å². The van der Waals surface area contributed by atoms with Crippen molar-refractivity contribution in [1.82, 2.24) is 9.80 Å². The van der Waals surface area contributed by atoms with E-state index >= 15 is 0 Å². The molecule has 2 aromatic rings. The van der Waals surface area contributed by atoms with Gasteiger partial charge in [-0.1, -0.05) is 42.5 Å². The minimum absolute atomic E-state index is 0.240. The molecule has 1 fully saturated rings. The average molecular weight is 367 g/mol. The van der Waals surface area contributed by atoms with Crippen LogP contribution in [0.15, 0.2) is 42.5 Å². The van der Waals surface area contributed by atoms with Gasteiger partial charge < -0.3 is 14.6 Å². The quantitative estimate of drug-likeness (QED) is 0.530. The van der Waals surface area contributed by atoms with Crippen molar-refractivity contribution in [2.75, 3.05) is 33.2 Å². The number of nitrogens with zero attached hydrogens (tertiary/aromatic N) is 2. The Morgan fingerprint density at radius 3 is 2.67 bits per heavy atom. The highest BCUT2D eigenvalue weighted by molar-refractivity contribution is 5.90. The summed E-state index contributed by atoms with van der Waals surface area (Å²) < 4.78 is 0. The SMILES string of the molecule is CN(CCCC=O)CC1CCN(C(=O)Cc2cccc3ccccc23)CC1. The lowest BCUT2D eigenvalue weighted by Crippen LogP contribution is -2.41. The van der Waals surface area contributed by atoms with Gasteiger partial charge in [-0.15, -0.1) is 0 Å². The van der Waals surface area contributed by atoms with Crippen LogP contribution in [-0.4, -0.2) is 55.2 Å². The number of rotatable bonds is 8. The highest BCUT2D eigenvalue weighted by Crippen LogP contribution is 2.22. The van der Waals surface area contributed by atoms with Crippen LogP contribution in [0.25, 0.3) is 10.8 Å². The van der Waals surface area contributed by atoms with Gasteiger partial charge in [-0.25, -0.2) is 0 Å². The highest BCUT2D eigenvalue weighted by Gasteiger charge is 2.23. The van der Waals surface area contributed by atoms with E-state index in [-0.39, 0.29) is 5.91 Å². The van der Waals surface area contributed by atoms with E-state index in [2.05, 4.69) is 36.2 Å². The molecule has 0 saturated carbocycles. The molecule has 0 aromatic heterocycles. The molecule has 0 unspecified atom stereocenters. The van der Waals surface area contributed by atoms with E-state index in [9.17, 15) is 9.59 Å². The van der Waals surface area contributed by atoms with Crippen molar-refractivity contribution in [2.24, 2.45) is 5.92 Å². The molecule has 1 saturated heterocycles. The van der Waals surface area contributed by atoms with E-state index < -0.39 is 0 Å². The summed E-state index contributed by atoms with van der Waals surface area (Å²) >= 11 is 0. The molecule has 0 spiro atoms. The summed E-state index contributed by atoms with van der Waals surface area (Å²) in [5.41, 5.74) is 1.12. The second-order valence-corrected chi connectivity index (χ2v) is 7.71. The Bertz CT molecular complexity index is 761. The molecule has 0 radical (unpaired) electrons. The van der Waals surface area contributed by atoms with Gasteiger partial charge in [0.1, 0.15) is 6.29 Å². The number of carbonyl (C=O) groups excluding carboxylic acids is 2. The van der Waals surface area contributed by atoms with Gasteiger partial charge in [-0.05, 0) is 55.1 Å². The normalized spacial score (nSPS) is 15.4. The standard InChI is InChI=1S/C23H30N2O2/c1-24(13-4-5-16-26)18-19-11-14-25(15-12-19)23(27)17-21-9-6-8-20-7-2-3-10-22(20)21/h2-3,6-10,16,19H,4-5,11-15,17-18H2,1H3. The molecule has 0 aliphatic carbocycles. The van der Waals surface area contributed by atoms with Crippen LogP contribution < -0.4 is 0 Å². The molecule has 0 bridgehead atoms. The van der Waals surface area contributed by atoms with Gasteiger partial charge in [0.2, 0.25) is 5.91 Å². The number of piperidine rings is 1. The fraction of sp³-hybridized carbons (Fsp3) is 0.478. The minimum Gasteiger partial charge on any atom is -0.342 e. The molecule has 0 N–H and O–H groups in total. The minimum atomic E-state index is 0.240. The van der Waals surface area contributed by atoms with Crippen molar-refractivity contribution in [2.45, 2.75) is 32.1 Å². The zero-order chi connectivity index (χ0) is 19.1. The summed E-state index contributed by atoms with van der Waals surface area (Å²) in [5.74, 6) is 0.886. The van der Waals surface area contributed by atoms with Crippen molar-refractivity contribution >= 4 is 23.0 Å². The molecule has 1 amide bonds. The molecule has 27 heavy (non-hydrogen) atoms. The van der Waals surface area contributed by atoms with Crippen LogP contribution in [0.4, 0.5) is 0 Å². The third kappa shape index (κ3) is 5.39. The number of likely N-dealkylation sites (tertiary alicyclic amines) is 1. The largest absolute Gasteiger partial charge is 0.342 e. The Morgan fingerprint density at radius 1 is 1.15 bits per heavy atom. The molecule has 3 rings (SSSR count). The summed E-state index contributed by atoms with van der Waals surface area (Å²) in [6.07, 6.45) is 5.19. The highest BCUT2D eigenvalue weighted by atomic mass is 16.2. The van der Waals surface area contributed by atoms with Crippen LogP contribution in [0, 0.1) is 5.92 Å². The van der Waals surface area contributed by atoms with Crippen molar-refractivity contribution in [3.8, 4) is 0 Å². The molecule has 4 nitrogen and oxygen atoms in total. The first-order valence-corrected chi connectivity index (χ1v) is 10.0. The maximum absolute atomic E-state index is 12.8. The van der Waals surface area contributed by atoms with Crippen molar-refractivity contribution in [3.63, 3.8) is 0 Å². The molecule has 1 aliphatic rings. The molecule has 1 aliphatic heterocycles. The summed E-state index contributed by atoms with van der Waals surface area (Å²) in [7, 11) is 2.13. The summed E-state index contributed by atoms with van der Waals surface area (Å²) in [5, 5.41) is 2.37. The lowest BCUT2D eigenvalue weighted by Gasteiger charge is -2.34. The second kappa shape index (κ2) is 9.65. The Labute approximate surface area is 162 Å². The van der Waals surface area contributed by atoms with Gasteiger partial charge in [0, 0.05) is 26.1 Å². The maximum atomic E-state index is 12.8. The zero-order valence-electron chi connectivity index (χ0n) is 16.3. The van der Waals surface area contributed by atoms with Crippen LogP contribution in [0.1, 0.15) is 31.2 Å². The van der Waals surface area contributed by atoms with E-state index in [0.29, 0.717) is 18.8 Å². The van der Waals surface area contributed by atoms with E-state index in [0.717, 1.165) is 57.3 Å². The van der Waals surface area contributed by atoms with Crippen LogP contribution in [0.5, 0.6) is 0 Å². The third-order valence-corrected chi connectivity index (χ3v) is 5.62. The van der Waals surface area contributed by atoms with E-state index in [1.807, 2.05) is 23.1 Å².